The van der Waals surface area contributed by atoms with Gasteiger partial charge in [-0.15, -0.1) is 0 Å². The van der Waals surface area contributed by atoms with E-state index in [1.807, 2.05) is 0 Å². The third-order valence-electron chi connectivity index (χ3n) is 5.10. The topological polar surface area (TPSA) is 6.48 Å². The predicted molar refractivity (Wildman–Crippen MR) is 67.8 cm³/mol. The summed E-state index contributed by atoms with van der Waals surface area (Å²) in [5, 5.41) is 0. The summed E-state index contributed by atoms with van der Waals surface area (Å²) >= 11 is 0. The van der Waals surface area contributed by atoms with E-state index in [0.29, 0.717) is 5.92 Å². The minimum atomic E-state index is -2.37. The molecule has 0 aromatic rings. The second-order valence-electron chi connectivity index (χ2n) is 6.76. The standard InChI is InChI=1S/C14H24F2N2/c1-17-7-12-9-18(10-13(12)8-17)6-11-2-4-14(15,16)5-3-11/h11-13H,2-10H2,1H3/t12-,13+. The molecule has 2 saturated heterocycles. The van der Waals surface area contributed by atoms with Gasteiger partial charge in [-0.2, -0.15) is 0 Å². The Kier molecular flexibility index (Phi) is 3.35. The van der Waals surface area contributed by atoms with E-state index in [2.05, 4.69) is 16.8 Å². The number of nitrogens with zero attached hydrogens (tertiary/aromatic N) is 2. The third kappa shape index (κ3) is 2.69. The number of likely N-dealkylation sites (tertiary alicyclic amines) is 2. The van der Waals surface area contributed by atoms with Gasteiger partial charge in [0.1, 0.15) is 0 Å². The van der Waals surface area contributed by atoms with Gasteiger partial charge in [0, 0.05) is 45.6 Å². The molecule has 0 amide bonds. The van der Waals surface area contributed by atoms with E-state index in [9.17, 15) is 8.78 Å². The first-order valence-electron chi connectivity index (χ1n) is 7.30. The number of hydrogen-bond acceptors (Lipinski definition) is 2. The van der Waals surface area contributed by atoms with E-state index in [0.717, 1.165) is 31.2 Å². The molecular weight excluding hydrogens is 234 g/mol. The van der Waals surface area contributed by atoms with E-state index in [4.69, 9.17) is 0 Å². The first-order valence-corrected chi connectivity index (χ1v) is 7.30. The normalized spacial score (nSPS) is 38.2. The van der Waals surface area contributed by atoms with Crippen LogP contribution in [0.5, 0.6) is 0 Å². The highest BCUT2D eigenvalue weighted by Gasteiger charge is 2.40. The van der Waals surface area contributed by atoms with Crippen LogP contribution < -0.4 is 0 Å². The molecule has 3 aliphatic rings. The molecule has 2 nitrogen and oxygen atoms in total. The van der Waals surface area contributed by atoms with Crippen molar-refractivity contribution in [1.82, 2.24) is 9.80 Å². The van der Waals surface area contributed by atoms with Crippen LogP contribution in [0.4, 0.5) is 8.78 Å². The van der Waals surface area contributed by atoms with E-state index >= 15 is 0 Å². The summed E-state index contributed by atoms with van der Waals surface area (Å²) in [5.41, 5.74) is 0. The van der Waals surface area contributed by atoms with Crippen LogP contribution >= 0.6 is 0 Å². The van der Waals surface area contributed by atoms with Crippen LogP contribution in [0, 0.1) is 17.8 Å². The second kappa shape index (κ2) is 4.71. The number of alkyl halides is 2. The maximum Gasteiger partial charge on any atom is 0.248 e. The fraction of sp³-hybridized carbons (Fsp3) is 1.00. The van der Waals surface area contributed by atoms with Crippen molar-refractivity contribution >= 4 is 0 Å². The van der Waals surface area contributed by atoms with Gasteiger partial charge in [-0.1, -0.05) is 0 Å². The molecule has 4 heteroatoms. The second-order valence-corrected chi connectivity index (χ2v) is 6.76. The summed E-state index contributed by atoms with van der Waals surface area (Å²) in [6.07, 6.45) is 1.67. The van der Waals surface area contributed by atoms with Crippen LogP contribution in [-0.4, -0.2) is 55.5 Å². The molecular formula is C14H24F2N2. The summed E-state index contributed by atoms with van der Waals surface area (Å²) in [4.78, 5) is 4.96. The van der Waals surface area contributed by atoms with Crippen molar-refractivity contribution in [3.8, 4) is 0 Å². The van der Waals surface area contributed by atoms with Gasteiger partial charge in [0.2, 0.25) is 5.92 Å². The Balaban J connectivity index is 1.45. The van der Waals surface area contributed by atoms with Crippen LogP contribution in [0.2, 0.25) is 0 Å². The van der Waals surface area contributed by atoms with Gasteiger partial charge in [-0.05, 0) is 37.6 Å². The maximum absolute atomic E-state index is 13.1. The first kappa shape index (κ1) is 12.8. The highest BCUT2D eigenvalue weighted by atomic mass is 19.3. The van der Waals surface area contributed by atoms with Gasteiger partial charge < -0.3 is 9.80 Å². The predicted octanol–water partition coefficient (Wildman–Crippen LogP) is 2.31. The monoisotopic (exact) mass is 258 g/mol. The largest absolute Gasteiger partial charge is 0.306 e. The molecule has 2 heterocycles. The smallest absolute Gasteiger partial charge is 0.248 e. The highest BCUT2D eigenvalue weighted by Crippen LogP contribution is 2.38. The molecule has 1 saturated carbocycles. The summed E-state index contributed by atoms with van der Waals surface area (Å²) in [6, 6.07) is 0. The lowest BCUT2D eigenvalue weighted by Crippen LogP contribution is -2.34. The third-order valence-corrected chi connectivity index (χ3v) is 5.10. The first-order chi connectivity index (χ1) is 8.52. The average molecular weight is 258 g/mol. The number of halogens is 2. The van der Waals surface area contributed by atoms with Crippen LogP contribution in [0.25, 0.3) is 0 Å². The fourth-order valence-electron chi connectivity index (χ4n) is 4.12. The lowest BCUT2D eigenvalue weighted by atomic mass is 9.86. The Morgan fingerprint density at radius 2 is 1.56 bits per heavy atom. The van der Waals surface area contributed by atoms with E-state index in [-0.39, 0.29) is 12.8 Å². The van der Waals surface area contributed by atoms with E-state index in [1.54, 1.807) is 0 Å². The molecule has 3 rings (SSSR count). The average Bonchev–Trinajstić information content (AvgIpc) is 2.78. The van der Waals surface area contributed by atoms with Gasteiger partial charge in [0.05, 0.1) is 0 Å². The molecule has 0 unspecified atom stereocenters. The van der Waals surface area contributed by atoms with E-state index in [1.165, 1.54) is 26.2 Å². The van der Waals surface area contributed by atoms with Gasteiger partial charge in [-0.3, -0.25) is 0 Å². The van der Waals surface area contributed by atoms with Crippen molar-refractivity contribution in [3.05, 3.63) is 0 Å². The van der Waals surface area contributed by atoms with Crippen LogP contribution in [0.3, 0.4) is 0 Å². The Labute approximate surface area is 108 Å². The number of rotatable bonds is 2. The van der Waals surface area contributed by atoms with Crippen LogP contribution in [-0.2, 0) is 0 Å². The molecule has 0 aromatic carbocycles. The molecule has 0 bridgehead atoms. The summed E-state index contributed by atoms with van der Waals surface area (Å²) in [5.74, 6) is -0.193. The van der Waals surface area contributed by atoms with Crippen molar-refractivity contribution in [2.75, 3.05) is 39.8 Å². The van der Waals surface area contributed by atoms with Crippen LogP contribution in [0.15, 0.2) is 0 Å². The summed E-state index contributed by atoms with van der Waals surface area (Å²) in [6.45, 7) is 5.91. The van der Waals surface area contributed by atoms with Crippen molar-refractivity contribution in [3.63, 3.8) is 0 Å². The number of fused-ring (bicyclic) bond motifs is 1. The minimum absolute atomic E-state index is 0.112. The van der Waals surface area contributed by atoms with Crippen molar-refractivity contribution in [1.29, 1.82) is 0 Å². The zero-order valence-electron chi connectivity index (χ0n) is 11.2. The molecule has 0 aromatic heterocycles. The van der Waals surface area contributed by atoms with Gasteiger partial charge in [-0.25, -0.2) is 8.78 Å². The zero-order valence-corrected chi connectivity index (χ0v) is 11.2. The van der Waals surface area contributed by atoms with Crippen molar-refractivity contribution in [2.24, 2.45) is 17.8 Å². The van der Waals surface area contributed by atoms with Crippen LogP contribution in [0.1, 0.15) is 25.7 Å². The molecule has 3 fully saturated rings. The molecule has 0 spiro atoms. The zero-order chi connectivity index (χ0) is 12.8. The fourth-order valence-corrected chi connectivity index (χ4v) is 4.12. The van der Waals surface area contributed by atoms with Gasteiger partial charge in [0.25, 0.3) is 0 Å². The SMILES string of the molecule is CN1C[C@@H]2CN(CC3CCC(F)(F)CC3)C[C@@H]2C1. The number of hydrogen-bond donors (Lipinski definition) is 0. The lowest BCUT2D eigenvalue weighted by Gasteiger charge is -2.31. The quantitative estimate of drug-likeness (QED) is 0.750. The Hall–Kier alpha value is -0.220. The highest BCUT2D eigenvalue weighted by molar-refractivity contribution is 4.93. The maximum atomic E-state index is 13.1. The van der Waals surface area contributed by atoms with Gasteiger partial charge >= 0.3 is 0 Å². The van der Waals surface area contributed by atoms with Gasteiger partial charge in [0.15, 0.2) is 0 Å². The van der Waals surface area contributed by atoms with Crippen molar-refractivity contribution < 1.29 is 8.78 Å². The Morgan fingerprint density at radius 3 is 2.11 bits per heavy atom. The molecule has 0 radical (unpaired) electrons. The molecule has 104 valence electrons. The molecule has 2 aliphatic heterocycles. The summed E-state index contributed by atoms with van der Waals surface area (Å²) in [7, 11) is 2.20. The minimum Gasteiger partial charge on any atom is -0.306 e. The molecule has 18 heavy (non-hydrogen) atoms. The Bertz CT molecular complexity index is 284. The Morgan fingerprint density at radius 1 is 1.00 bits per heavy atom. The molecule has 2 atom stereocenters. The molecule has 1 aliphatic carbocycles. The summed E-state index contributed by atoms with van der Waals surface area (Å²) < 4.78 is 26.2. The lowest BCUT2D eigenvalue weighted by molar-refractivity contribution is -0.0485. The van der Waals surface area contributed by atoms with Crippen molar-refractivity contribution in [2.45, 2.75) is 31.6 Å². The molecule has 0 N–H and O–H groups in total. The van der Waals surface area contributed by atoms with E-state index < -0.39 is 5.92 Å².